The van der Waals surface area contributed by atoms with Crippen LogP contribution in [0.5, 0.6) is 5.75 Å². The Morgan fingerprint density at radius 2 is 1.84 bits per heavy atom. The van der Waals surface area contributed by atoms with Gasteiger partial charge >= 0.3 is 0 Å². The van der Waals surface area contributed by atoms with E-state index >= 15 is 0 Å². The fourth-order valence-corrected chi connectivity index (χ4v) is 1.63. The Kier molecular flexibility index (Phi) is 4.02. The Hall–Kier alpha value is -2.50. The van der Waals surface area contributed by atoms with Crippen LogP contribution in [0.25, 0.3) is 0 Å². The minimum Gasteiger partial charge on any atom is -0.494 e. The van der Waals surface area contributed by atoms with Gasteiger partial charge in [0.15, 0.2) is 11.6 Å². The first-order valence-corrected chi connectivity index (χ1v) is 6.02. The number of hydrogen-bond donors (Lipinski definition) is 3. The largest absolute Gasteiger partial charge is 0.494 e. The molecule has 1 aromatic heterocycles. The quantitative estimate of drug-likeness (QED) is 0.763. The molecule has 4 N–H and O–H groups in total. The molecule has 0 aliphatic rings. The molecule has 0 radical (unpaired) electrons. The molecule has 2 aromatic rings. The van der Waals surface area contributed by atoms with Crippen molar-refractivity contribution in [1.82, 2.24) is 9.97 Å². The van der Waals surface area contributed by atoms with E-state index in [4.69, 9.17) is 10.5 Å². The topological polar surface area (TPSA) is 85.1 Å². The van der Waals surface area contributed by atoms with Gasteiger partial charge in [0.25, 0.3) is 0 Å². The predicted octanol–water partition coefficient (Wildman–Crippen LogP) is 2.24. The summed E-state index contributed by atoms with van der Waals surface area (Å²) >= 11 is 0. The van der Waals surface area contributed by atoms with E-state index in [1.807, 2.05) is 31.2 Å². The highest BCUT2D eigenvalue weighted by atomic mass is 16.5. The number of nitrogens with two attached hydrogens (primary N) is 1. The van der Waals surface area contributed by atoms with E-state index in [-0.39, 0.29) is 0 Å². The third kappa shape index (κ3) is 3.04. The van der Waals surface area contributed by atoms with Crippen LogP contribution in [0.1, 0.15) is 6.92 Å². The average Bonchev–Trinajstić information content (AvgIpc) is 2.43. The van der Waals surface area contributed by atoms with Crippen LogP contribution in [-0.4, -0.2) is 23.6 Å². The summed E-state index contributed by atoms with van der Waals surface area (Å²) in [6, 6.07) is 7.60. The van der Waals surface area contributed by atoms with E-state index in [9.17, 15) is 0 Å². The molecule has 0 unspecified atom stereocenters. The van der Waals surface area contributed by atoms with E-state index < -0.39 is 0 Å². The molecule has 0 aliphatic heterocycles. The highest BCUT2D eigenvalue weighted by Gasteiger charge is 2.06. The van der Waals surface area contributed by atoms with Gasteiger partial charge in [-0.2, -0.15) is 0 Å². The summed E-state index contributed by atoms with van der Waals surface area (Å²) in [5, 5.41) is 6.06. The summed E-state index contributed by atoms with van der Waals surface area (Å²) in [6.07, 6.45) is 1.46. The lowest BCUT2D eigenvalue weighted by atomic mass is 10.3. The second-order valence-corrected chi connectivity index (χ2v) is 3.82. The summed E-state index contributed by atoms with van der Waals surface area (Å²) in [4.78, 5) is 8.15. The van der Waals surface area contributed by atoms with Crippen molar-refractivity contribution in [3.8, 4) is 5.75 Å². The van der Waals surface area contributed by atoms with Gasteiger partial charge in [-0.25, -0.2) is 9.97 Å². The molecule has 1 heterocycles. The predicted molar refractivity (Wildman–Crippen MR) is 76.9 cm³/mol. The van der Waals surface area contributed by atoms with Crippen LogP contribution in [0.2, 0.25) is 0 Å². The van der Waals surface area contributed by atoms with Gasteiger partial charge < -0.3 is 21.1 Å². The number of aromatic nitrogens is 2. The first kappa shape index (κ1) is 12.9. The Labute approximate surface area is 112 Å². The Bertz CT molecular complexity index is 541. The van der Waals surface area contributed by atoms with Crippen molar-refractivity contribution < 1.29 is 4.74 Å². The molecule has 0 atom stereocenters. The molecule has 6 heteroatoms. The second-order valence-electron chi connectivity index (χ2n) is 3.82. The number of nitrogens with zero attached hydrogens (tertiary/aromatic N) is 2. The Balaban J connectivity index is 2.16. The smallest absolute Gasteiger partial charge is 0.159 e. The molecule has 1 aromatic carbocycles. The maximum absolute atomic E-state index is 5.94. The molecule has 2 rings (SSSR count). The zero-order valence-corrected chi connectivity index (χ0v) is 11.0. The standard InChI is InChI=1S/C13H17N5O/c1-3-19-10-6-4-9(5-7-10)18-13-11(14)12(15-2)16-8-17-13/h4-8H,3,14H2,1-2H3,(H2,15,16,17,18). The number of benzene rings is 1. The van der Waals surface area contributed by atoms with E-state index in [0.717, 1.165) is 11.4 Å². The molecule has 0 spiro atoms. The third-order valence-corrected chi connectivity index (χ3v) is 2.55. The molecule has 19 heavy (non-hydrogen) atoms. The lowest BCUT2D eigenvalue weighted by molar-refractivity contribution is 0.340. The first-order valence-electron chi connectivity index (χ1n) is 6.02. The maximum Gasteiger partial charge on any atom is 0.159 e. The van der Waals surface area contributed by atoms with Crippen molar-refractivity contribution in [2.24, 2.45) is 0 Å². The first-order chi connectivity index (χ1) is 9.24. The van der Waals surface area contributed by atoms with Crippen molar-refractivity contribution in [2.45, 2.75) is 6.92 Å². The summed E-state index contributed by atoms with van der Waals surface area (Å²) < 4.78 is 5.38. The lowest BCUT2D eigenvalue weighted by Gasteiger charge is -2.11. The van der Waals surface area contributed by atoms with Gasteiger partial charge in [-0.1, -0.05) is 0 Å². The van der Waals surface area contributed by atoms with Crippen LogP contribution in [0, 0.1) is 0 Å². The molecule has 0 fully saturated rings. The van der Waals surface area contributed by atoms with Gasteiger partial charge in [-0.3, -0.25) is 0 Å². The van der Waals surface area contributed by atoms with Crippen LogP contribution >= 0.6 is 0 Å². The van der Waals surface area contributed by atoms with Crippen LogP contribution in [0.3, 0.4) is 0 Å². The minimum atomic E-state index is 0.485. The van der Waals surface area contributed by atoms with E-state index in [1.54, 1.807) is 7.05 Å². The molecule has 0 bridgehead atoms. The summed E-state index contributed by atoms with van der Waals surface area (Å²) in [5.74, 6) is 2.01. The van der Waals surface area contributed by atoms with E-state index in [2.05, 4.69) is 20.6 Å². The van der Waals surface area contributed by atoms with Gasteiger partial charge in [-0.15, -0.1) is 0 Å². The third-order valence-electron chi connectivity index (χ3n) is 2.55. The van der Waals surface area contributed by atoms with Gasteiger partial charge in [0.05, 0.1) is 6.61 Å². The van der Waals surface area contributed by atoms with E-state index in [1.165, 1.54) is 6.33 Å². The van der Waals surface area contributed by atoms with Crippen molar-refractivity contribution in [2.75, 3.05) is 30.0 Å². The lowest BCUT2D eigenvalue weighted by Crippen LogP contribution is -2.04. The van der Waals surface area contributed by atoms with Crippen LogP contribution in [0.4, 0.5) is 23.0 Å². The normalized spacial score (nSPS) is 10.0. The fraction of sp³-hybridized carbons (Fsp3) is 0.231. The summed E-state index contributed by atoms with van der Waals surface area (Å²) in [6.45, 7) is 2.60. The van der Waals surface area contributed by atoms with Crippen LogP contribution in [-0.2, 0) is 0 Å². The average molecular weight is 259 g/mol. The van der Waals surface area contributed by atoms with Gasteiger partial charge in [0.2, 0.25) is 0 Å². The molecular formula is C13H17N5O. The number of anilines is 4. The van der Waals surface area contributed by atoms with Crippen molar-refractivity contribution in [3.63, 3.8) is 0 Å². The zero-order valence-electron chi connectivity index (χ0n) is 11.0. The highest BCUT2D eigenvalue weighted by Crippen LogP contribution is 2.26. The molecule has 0 aliphatic carbocycles. The SMILES string of the molecule is CCOc1ccc(Nc2ncnc(NC)c2N)cc1. The monoisotopic (exact) mass is 259 g/mol. The number of ether oxygens (including phenoxy) is 1. The minimum absolute atomic E-state index is 0.485. The summed E-state index contributed by atoms with van der Waals surface area (Å²) in [7, 11) is 1.76. The Morgan fingerprint density at radius 3 is 2.47 bits per heavy atom. The fourth-order valence-electron chi connectivity index (χ4n) is 1.63. The number of rotatable bonds is 5. The number of nitrogens with one attached hydrogen (secondary N) is 2. The number of hydrogen-bond acceptors (Lipinski definition) is 6. The molecule has 100 valence electrons. The number of nitrogen functional groups attached to an aromatic ring is 1. The van der Waals surface area contributed by atoms with Gasteiger partial charge in [0, 0.05) is 12.7 Å². The summed E-state index contributed by atoms with van der Waals surface area (Å²) in [5.41, 5.74) is 7.31. The van der Waals surface area contributed by atoms with E-state index in [0.29, 0.717) is 23.9 Å². The van der Waals surface area contributed by atoms with Crippen LogP contribution < -0.4 is 21.1 Å². The highest BCUT2D eigenvalue weighted by molar-refractivity contribution is 5.77. The van der Waals surface area contributed by atoms with Gasteiger partial charge in [0.1, 0.15) is 17.8 Å². The van der Waals surface area contributed by atoms with Crippen molar-refractivity contribution >= 4 is 23.0 Å². The van der Waals surface area contributed by atoms with Crippen LogP contribution in [0.15, 0.2) is 30.6 Å². The molecular weight excluding hydrogens is 242 g/mol. The van der Waals surface area contributed by atoms with Gasteiger partial charge in [-0.05, 0) is 31.2 Å². The second kappa shape index (κ2) is 5.90. The Morgan fingerprint density at radius 1 is 1.16 bits per heavy atom. The zero-order chi connectivity index (χ0) is 13.7. The van der Waals surface area contributed by atoms with Crippen molar-refractivity contribution in [3.05, 3.63) is 30.6 Å². The maximum atomic E-state index is 5.94. The molecule has 0 saturated carbocycles. The van der Waals surface area contributed by atoms with Crippen molar-refractivity contribution in [1.29, 1.82) is 0 Å². The molecule has 0 saturated heterocycles. The molecule has 6 nitrogen and oxygen atoms in total. The molecule has 0 amide bonds.